The molecule has 1 unspecified atom stereocenters. The summed E-state index contributed by atoms with van der Waals surface area (Å²) < 4.78 is 39.1. The molecule has 1 atom stereocenters. The predicted molar refractivity (Wildman–Crippen MR) is 103 cm³/mol. The number of rotatable bonds is 7. The number of hydrogen-bond acceptors (Lipinski definition) is 6. The Hall–Kier alpha value is -1.28. The maximum absolute atomic E-state index is 14.2. The van der Waals surface area contributed by atoms with E-state index in [0.717, 1.165) is 25.3 Å². The molecule has 27 heavy (non-hydrogen) atoms. The lowest BCUT2D eigenvalue weighted by molar-refractivity contribution is 0.187. The zero-order valence-corrected chi connectivity index (χ0v) is 16.7. The number of nitrogens with zero attached hydrogens (tertiary/aromatic N) is 2. The Morgan fingerprint density at radius 3 is 2.63 bits per heavy atom. The molecule has 2 aliphatic carbocycles. The van der Waals surface area contributed by atoms with Crippen LogP contribution in [0.1, 0.15) is 51.1 Å². The molecule has 2 N–H and O–H groups in total. The molecule has 0 radical (unpaired) electrons. The lowest BCUT2D eigenvalue weighted by atomic mass is 9.70. The molecule has 0 aromatic carbocycles. The number of anilines is 1. The summed E-state index contributed by atoms with van der Waals surface area (Å²) in [6, 6.07) is 0.314. The summed E-state index contributed by atoms with van der Waals surface area (Å²) >= 11 is 0. The van der Waals surface area contributed by atoms with E-state index in [4.69, 9.17) is 0 Å². The minimum absolute atomic E-state index is 0.221. The normalized spacial score (nSPS) is 32.2. The van der Waals surface area contributed by atoms with Crippen molar-refractivity contribution in [3.8, 4) is 0 Å². The first-order chi connectivity index (χ1) is 12.9. The number of aryl methyl sites for hydroxylation is 1. The molecule has 3 aliphatic rings. The van der Waals surface area contributed by atoms with Crippen LogP contribution in [0.15, 0.2) is 6.33 Å². The second-order valence-electron chi connectivity index (χ2n) is 8.53. The highest BCUT2D eigenvalue weighted by Crippen LogP contribution is 2.50. The molecule has 3 fully saturated rings. The Morgan fingerprint density at radius 1 is 1.15 bits per heavy atom. The second kappa shape index (κ2) is 7.28. The molecular weight excluding hydrogens is 367 g/mol. The van der Waals surface area contributed by atoms with Gasteiger partial charge in [-0.3, -0.25) is 0 Å². The van der Waals surface area contributed by atoms with Crippen molar-refractivity contribution < 1.29 is 12.8 Å². The fourth-order valence-electron chi connectivity index (χ4n) is 4.60. The van der Waals surface area contributed by atoms with Crippen molar-refractivity contribution in [1.82, 2.24) is 15.3 Å². The van der Waals surface area contributed by atoms with Crippen LogP contribution < -0.4 is 10.6 Å². The van der Waals surface area contributed by atoms with Crippen LogP contribution in [-0.4, -0.2) is 48.0 Å². The molecule has 0 amide bonds. The van der Waals surface area contributed by atoms with Crippen LogP contribution in [-0.2, 0) is 16.3 Å². The lowest BCUT2D eigenvalue weighted by Gasteiger charge is -2.51. The first kappa shape index (κ1) is 19.1. The van der Waals surface area contributed by atoms with Crippen molar-refractivity contribution in [3.05, 3.63) is 17.8 Å². The largest absolute Gasteiger partial charge is 0.367 e. The van der Waals surface area contributed by atoms with E-state index in [1.165, 1.54) is 19.2 Å². The number of nitrogens with one attached hydrogen (secondary N) is 2. The maximum atomic E-state index is 14.2. The third-order valence-electron chi connectivity index (χ3n) is 6.48. The molecule has 1 spiro atoms. The summed E-state index contributed by atoms with van der Waals surface area (Å²) in [7, 11) is -3.04. The van der Waals surface area contributed by atoms with E-state index in [1.807, 2.05) is 6.92 Å². The highest BCUT2D eigenvalue weighted by molar-refractivity contribution is 7.92. The summed E-state index contributed by atoms with van der Waals surface area (Å²) in [5.74, 6) is 1.15. The van der Waals surface area contributed by atoms with Gasteiger partial charge in [0.25, 0.3) is 0 Å². The zero-order valence-electron chi connectivity index (χ0n) is 15.9. The van der Waals surface area contributed by atoms with Crippen LogP contribution >= 0.6 is 0 Å². The zero-order chi connectivity index (χ0) is 19.1. The highest BCUT2D eigenvalue weighted by Gasteiger charge is 2.56. The third kappa shape index (κ3) is 3.83. The van der Waals surface area contributed by atoms with Gasteiger partial charge in [0.2, 0.25) is 0 Å². The standard InChI is InChI=1S/C19H29FN4O2S/c1-2-16-17(20)18(24-12-23-16)22-11-14-7-19(8-14)9-15(5-6-27(19,25)26)21-10-13-3-4-13/h12-15,21H,2-11H2,1H3,(H,22,23,24). The molecule has 2 saturated carbocycles. The van der Waals surface area contributed by atoms with Crippen LogP contribution in [0.3, 0.4) is 0 Å². The van der Waals surface area contributed by atoms with E-state index >= 15 is 0 Å². The summed E-state index contributed by atoms with van der Waals surface area (Å²) in [4.78, 5) is 7.92. The Morgan fingerprint density at radius 2 is 1.93 bits per heavy atom. The maximum Gasteiger partial charge on any atom is 0.186 e. The van der Waals surface area contributed by atoms with Gasteiger partial charge in [-0.15, -0.1) is 0 Å². The molecule has 1 aliphatic heterocycles. The van der Waals surface area contributed by atoms with Crippen LogP contribution in [0.25, 0.3) is 0 Å². The first-order valence-electron chi connectivity index (χ1n) is 10.1. The van der Waals surface area contributed by atoms with Crippen molar-refractivity contribution in [2.24, 2.45) is 11.8 Å². The van der Waals surface area contributed by atoms with E-state index < -0.39 is 20.4 Å². The van der Waals surface area contributed by atoms with Gasteiger partial charge in [-0.1, -0.05) is 6.92 Å². The van der Waals surface area contributed by atoms with E-state index in [9.17, 15) is 12.8 Å². The smallest absolute Gasteiger partial charge is 0.186 e. The summed E-state index contributed by atoms with van der Waals surface area (Å²) in [6.45, 7) is 3.43. The van der Waals surface area contributed by atoms with E-state index in [1.54, 1.807) is 0 Å². The Balaban J connectivity index is 1.33. The topological polar surface area (TPSA) is 84.0 Å². The second-order valence-corrected chi connectivity index (χ2v) is 11.0. The summed E-state index contributed by atoms with van der Waals surface area (Å²) in [5, 5.41) is 6.65. The molecule has 4 rings (SSSR count). The summed E-state index contributed by atoms with van der Waals surface area (Å²) in [5.41, 5.74) is 0.400. The van der Waals surface area contributed by atoms with Crippen LogP contribution in [0.2, 0.25) is 0 Å². The fraction of sp³-hybridized carbons (Fsp3) is 0.789. The Bertz CT molecular complexity index is 791. The molecule has 2 heterocycles. The van der Waals surface area contributed by atoms with Gasteiger partial charge in [0, 0.05) is 12.6 Å². The van der Waals surface area contributed by atoms with E-state index in [0.29, 0.717) is 37.5 Å². The van der Waals surface area contributed by atoms with Gasteiger partial charge in [0.1, 0.15) is 6.33 Å². The van der Waals surface area contributed by atoms with E-state index in [-0.39, 0.29) is 17.5 Å². The van der Waals surface area contributed by atoms with Crippen molar-refractivity contribution in [2.45, 2.75) is 62.7 Å². The molecule has 6 nitrogen and oxygen atoms in total. The number of aromatic nitrogens is 2. The quantitative estimate of drug-likeness (QED) is 0.736. The lowest BCUT2D eigenvalue weighted by Crippen LogP contribution is -2.59. The van der Waals surface area contributed by atoms with Gasteiger partial charge in [0.15, 0.2) is 21.5 Å². The van der Waals surface area contributed by atoms with Gasteiger partial charge in [-0.05, 0) is 63.3 Å². The van der Waals surface area contributed by atoms with Gasteiger partial charge in [-0.25, -0.2) is 22.8 Å². The first-order valence-corrected chi connectivity index (χ1v) is 11.8. The number of hydrogen-bond donors (Lipinski definition) is 2. The van der Waals surface area contributed by atoms with Crippen molar-refractivity contribution in [3.63, 3.8) is 0 Å². The fourth-order valence-corrected chi connectivity index (χ4v) is 7.06. The average molecular weight is 397 g/mol. The van der Waals surface area contributed by atoms with Crippen molar-refractivity contribution in [2.75, 3.05) is 24.2 Å². The monoisotopic (exact) mass is 396 g/mol. The SMILES string of the molecule is CCc1ncnc(NCC2CC3(C2)CC(NCC2CC2)CCS3(=O)=O)c1F. The third-order valence-corrected chi connectivity index (χ3v) is 9.07. The van der Waals surface area contributed by atoms with Gasteiger partial charge in [-0.2, -0.15) is 0 Å². The van der Waals surface area contributed by atoms with Gasteiger partial charge < -0.3 is 10.6 Å². The van der Waals surface area contributed by atoms with Crippen molar-refractivity contribution >= 4 is 15.7 Å². The molecule has 1 saturated heterocycles. The predicted octanol–water partition coefficient (Wildman–Crippen LogP) is 2.32. The summed E-state index contributed by atoms with van der Waals surface area (Å²) in [6.07, 6.45) is 7.27. The highest BCUT2D eigenvalue weighted by atomic mass is 32.2. The molecule has 8 heteroatoms. The number of sulfone groups is 1. The molecule has 0 bridgehead atoms. The van der Waals surface area contributed by atoms with E-state index in [2.05, 4.69) is 20.6 Å². The minimum atomic E-state index is -3.04. The van der Waals surface area contributed by atoms with Crippen LogP contribution in [0, 0.1) is 17.7 Å². The Labute approximate surface area is 160 Å². The van der Waals surface area contributed by atoms with Gasteiger partial charge >= 0.3 is 0 Å². The Kier molecular flexibility index (Phi) is 5.14. The van der Waals surface area contributed by atoms with Crippen LogP contribution in [0.5, 0.6) is 0 Å². The van der Waals surface area contributed by atoms with Crippen molar-refractivity contribution in [1.29, 1.82) is 0 Å². The average Bonchev–Trinajstić information content (AvgIpc) is 3.43. The molecule has 1 aromatic heterocycles. The minimum Gasteiger partial charge on any atom is -0.367 e. The van der Waals surface area contributed by atoms with Gasteiger partial charge in [0.05, 0.1) is 16.2 Å². The molecule has 150 valence electrons. The molecular formula is C19H29FN4O2S. The molecule has 1 aromatic rings. The van der Waals surface area contributed by atoms with Crippen LogP contribution in [0.4, 0.5) is 10.2 Å². The number of halogens is 1.